The maximum atomic E-state index is 12.8. The third-order valence-corrected chi connectivity index (χ3v) is 4.69. The first-order chi connectivity index (χ1) is 14.4. The van der Waals surface area contributed by atoms with Crippen LogP contribution < -0.4 is 18.9 Å². The van der Waals surface area contributed by atoms with Crippen molar-refractivity contribution in [2.75, 3.05) is 20.8 Å². The summed E-state index contributed by atoms with van der Waals surface area (Å²) < 4.78 is 27.1. The third-order valence-electron chi connectivity index (χ3n) is 4.69. The van der Waals surface area contributed by atoms with Crippen molar-refractivity contribution < 1.29 is 33.3 Å². The van der Waals surface area contributed by atoms with E-state index in [4.69, 9.17) is 23.7 Å². The molecule has 0 amide bonds. The summed E-state index contributed by atoms with van der Waals surface area (Å²) in [6, 6.07) is 8.57. The Morgan fingerprint density at radius 1 is 1.13 bits per heavy atom. The summed E-state index contributed by atoms with van der Waals surface area (Å²) in [6.45, 7) is 5.39. The van der Waals surface area contributed by atoms with Crippen molar-refractivity contribution in [2.45, 2.75) is 26.9 Å². The lowest BCUT2D eigenvalue weighted by molar-refractivity contribution is -0.150. The van der Waals surface area contributed by atoms with Gasteiger partial charge < -0.3 is 23.7 Å². The smallest absolute Gasteiger partial charge is 0.347 e. The number of benzene rings is 2. The van der Waals surface area contributed by atoms with Crippen LogP contribution in [0.3, 0.4) is 0 Å². The lowest BCUT2D eigenvalue weighted by Crippen LogP contribution is -2.26. The second-order valence-electron chi connectivity index (χ2n) is 6.63. The topological polar surface area (TPSA) is 80.3 Å². The van der Waals surface area contributed by atoms with Gasteiger partial charge in [0.15, 0.2) is 11.9 Å². The molecule has 7 nitrogen and oxygen atoms in total. The number of esters is 1. The maximum absolute atomic E-state index is 12.8. The summed E-state index contributed by atoms with van der Waals surface area (Å²) in [7, 11) is 3.11. The summed E-state index contributed by atoms with van der Waals surface area (Å²) in [4.78, 5) is 24.7. The zero-order chi connectivity index (χ0) is 21.8. The van der Waals surface area contributed by atoms with Crippen LogP contribution in [0.5, 0.6) is 23.0 Å². The minimum absolute atomic E-state index is 0.173. The first kappa shape index (κ1) is 21.2. The number of carbonyl (C=O) groups is 2. The number of methoxy groups -OCH3 is 2. The summed E-state index contributed by atoms with van der Waals surface area (Å²) in [5.41, 5.74) is 1.74. The number of carbonyl (C=O) groups excluding carboxylic acids is 2. The van der Waals surface area contributed by atoms with Crippen molar-refractivity contribution in [2.24, 2.45) is 0 Å². The second kappa shape index (κ2) is 8.90. The average Bonchev–Trinajstić information content (AvgIpc) is 3.06. The molecule has 0 spiro atoms. The predicted octanol–water partition coefficient (Wildman–Crippen LogP) is 3.96. The largest absolute Gasteiger partial charge is 0.497 e. The molecule has 158 valence electrons. The van der Waals surface area contributed by atoms with Crippen LogP contribution in [0.25, 0.3) is 6.08 Å². The van der Waals surface area contributed by atoms with E-state index in [-0.39, 0.29) is 18.1 Å². The summed E-state index contributed by atoms with van der Waals surface area (Å²) in [5, 5.41) is 0. The van der Waals surface area contributed by atoms with Gasteiger partial charge in [0, 0.05) is 17.2 Å². The standard InChI is InChI=1S/C23H24O7/c1-6-28-23(25)14(3)29-18-10-9-17-21(24)20(30-22(17)13(18)2)11-15-7-8-16(26-4)12-19(15)27-5/h7-12,14H,6H2,1-5H3/b20-11-. The molecule has 0 radical (unpaired) electrons. The molecule has 7 heteroatoms. The number of ether oxygens (including phenoxy) is 5. The van der Waals surface area contributed by atoms with E-state index in [0.29, 0.717) is 39.7 Å². The Morgan fingerprint density at radius 3 is 2.57 bits per heavy atom. The van der Waals surface area contributed by atoms with Crippen LogP contribution in [0.15, 0.2) is 36.1 Å². The molecule has 30 heavy (non-hydrogen) atoms. The molecule has 0 fully saturated rings. The number of hydrogen-bond acceptors (Lipinski definition) is 7. The van der Waals surface area contributed by atoms with Crippen LogP contribution >= 0.6 is 0 Å². The number of Topliss-reactive ketones (excluding diaryl/α,β-unsaturated/α-hetero) is 1. The molecule has 0 bridgehead atoms. The van der Waals surface area contributed by atoms with Gasteiger partial charge in [0.1, 0.15) is 23.0 Å². The predicted molar refractivity (Wildman–Crippen MR) is 110 cm³/mol. The normalized spacial score (nSPS) is 14.7. The molecule has 1 aliphatic heterocycles. The van der Waals surface area contributed by atoms with Crippen molar-refractivity contribution in [1.29, 1.82) is 0 Å². The summed E-state index contributed by atoms with van der Waals surface area (Å²) >= 11 is 0. The van der Waals surface area contributed by atoms with Gasteiger partial charge in [0.05, 0.1) is 26.4 Å². The number of allylic oxidation sites excluding steroid dienone is 1. The summed E-state index contributed by atoms with van der Waals surface area (Å²) in [5.74, 6) is 1.53. The van der Waals surface area contributed by atoms with Crippen molar-refractivity contribution in [3.05, 3.63) is 52.8 Å². The first-order valence-corrected chi connectivity index (χ1v) is 9.52. The van der Waals surface area contributed by atoms with E-state index >= 15 is 0 Å². The number of hydrogen-bond donors (Lipinski definition) is 0. The molecule has 1 heterocycles. The molecule has 1 aliphatic rings. The van der Waals surface area contributed by atoms with Gasteiger partial charge in [-0.2, -0.15) is 0 Å². The van der Waals surface area contributed by atoms with Crippen LogP contribution in [0, 0.1) is 6.92 Å². The molecule has 2 aromatic rings. The molecule has 0 saturated carbocycles. The Kier molecular flexibility index (Phi) is 6.30. The highest BCUT2D eigenvalue weighted by Gasteiger charge is 2.31. The van der Waals surface area contributed by atoms with Crippen LogP contribution in [-0.2, 0) is 9.53 Å². The molecule has 3 rings (SSSR count). The van der Waals surface area contributed by atoms with Gasteiger partial charge in [-0.3, -0.25) is 4.79 Å². The van der Waals surface area contributed by atoms with Crippen molar-refractivity contribution >= 4 is 17.8 Å². The molecular weight excluding hydrogens is 388 g/mol. The molecule has 0 aromatic heterocycles. The molecular formula is C23H24O7. The van der Waals surface area contributed by atoms with E-state index in [1.807, 2.05) is 0 Å². The molecule has 0 saturated heterocycles. The Morgan fingerprint density at radius 2 is 1.90 bits per heavy atom. The first-order valence-electron chi connectivity index (χ1n) is 9.52. The van der Waals surface area contributed by atoms with Crippen molar-refractivity contribution in [3.8, 4) is 23.0 Å². The number of rotatable bonds is 7. The fourth-order valence-electron chi connectivity index (χ4n) is 3.07. The van der Waals surface area contributed by atoms with E-state index in [0.717, 1.165) is 0 Å². The minimum Gasteiger partial charge on any atom is -0.497 e. The van der Waals surface area contributed by atoms with Gasteiger partial charge in [-0.15, -0.1) is 0 Å². The van der Waals surface area contributed by atoms with E-state index < -0.39 is 12.1 Å². The van der Waals surface area contributed by atoms with Gasteiger partial charge in [-0.1, -0.05) is 0 Å². The highest BCUT2D eigenvalue weighted by atomic mass is 16.6. The van der Waals surface area contributed by atoms with E-state index in [1.165, 1.54) is 0 Å². The van der Waals surface area contributed by atoms with Gasteiger partial charge in [0.2, 0.25) is 5.78 Å². The minimum atomic E-state index is -0.780. The Balaban J connectivity index is 1.89. The van der Waals surface area contributed by atoms with Gasteiger partial charge >= 0.3 is 5.97 Å². The third kappa shape index (κ3) is 4.10. The number of ketones is 1. The van der Waals surface area contributed by atoms with E-state index in [9.17, 15) is 9.59 Å². The lowest BCUT2D eigenvalue weighted by atomic mass is 10.1. The Hall–Kier alpha value is -3.48. The highest BCUT2D eigenvalue weighted by molar-refractivity contribution is 6.15. The molecule has 1 unspecified atom stereocenters. The lowest BCUT2D eigenvalue weighted by Gasteiger charge is -2.16. The van der Waals surface area contributed by atoms with Crippen molar-refractivity contribution in [1.82, 2.24) is 0 Å². The fourth-order valence-corrected chi connectivity index (χ4v) is 3.07. The zero-order valence-corrected chi connectivity index (χ0v) is 17.6. The average molecular weight is 412 g/mol. The molecule has 2 aromatic carbocycles. The van der Waals surface area contributed by atoms with Crippen LogP contribution in [-0.4, -0.2) is 38.7 Å². The molecule has 1 atom stereocenters. The van der Waals surface area contributed by atoms with E-state index in [1.54, 1.807) is 71.4 Å². The van der Waals surface area contributed by atoms with Crippen molar-refractivity contribution in [3.63, 3.8) is 0 Å². The fraction of sp³-hybridized carbons (Fsp3) is 0.304. The monoisotopic (exact) mass is 412 g/mol. The van der Waals surface area contributed by atoms with Crippen LogP contribution in [0.1, 0.15) is 35.3 Å². The molecule has 0 N–H and O–H groups in total. The maximum Gasteiger partial charge on any atom is 0.347 e. The highest BCUT2D eigenvalue weighted by Crippen LogP contribution is 2.40. The molecule has 0 aliphatic carbocycles. The van der Waals surface area contributed by atoms with Crippen LogP contribution in [0.4, 0.5) is 0 Å². The summed E-state index contributed by atoms with van der Waals surface area (Å²) in [6.07, 6.45) is 0.847. The zero-order valence-electron chi connectivity index (χ0n) is 17.6. The quantitative estimate of drug-likeness (QED) is 0.503. The van der Waals surface area contributed by atoms with Gasteiger partial charge in [-0.05, 0) is 51.1 Å². The second-order valence-corrected chi connectivity index (χ2v) is 6.63. The van der Waals surface area contributed by atoms with E-state index in [2.05, 4.69) is 0 Å². The Labute approximate surface area is 175 Å². The SMILES string of the molecule is CCOC(=O)C(C)Oc1ccc2c(c1C)O/C(=C\c1ccc(OC)cc1OC)C2=O. The Bertz CT molecular complexity index is 1010. The number of fused-ring (bicyclic) bond motifs is 1. The van der Waals surface area contributed by atoms with Gasteiger partial charge in [-0.25, -0.2) is 4.79 Å². The van der Waals surface area contributed by atoms with Gasteiger partial charge in [0.25, 0.3) is 0 Å². The van der Waals surface area contributed by atoms with Crippen LogP contribution in [0.2, 0.25) is 0 Å².